The Kier molecular flexibility index (Phi) is 6.45. The van der Waals surface area contributed by atoms with Crippen molar-refractivity contribution in [3.8, 4) is 11.8 Å². The normalized spacial score (nSPS) is 11.0. The standard InChI is InChI=1S/C13H18N2O4S/c1-11(2)19-8-9-20(17,18)15-13-10-12(4-3-7-16)5-6-14-13/h5-6,10-11,16H,7-9H2,1-2H3,(H,14,15). The second kappa shape index (κ2) is 7.85. The fraction of sp³-hybridized carbons (Fsp3) is 0.462. The topological polar surface area (TPSA) is 88.5 Å². The third-order valence-electron chi connectivity index (χ3n) is 2.14. The molecule has 0 aromatic carbocycles. The molecule has 0 aliphatic rings. The molecule has 0 amide bonds. The summed E-state index contributed by atoms with van der Waals surface area (Å²) in [5, 5.41) is 8.61. The molecule has 0 fully saturated rings. The number of pyridine rings is 1. The van der Waals surface area contributed by atoms with E-state index in [4.69, 9.17) is 9.84 Å². The second-order valence-corrected chi connectivity index (χ2v) is 6.07. The van der Waals surface area contributed by atoms with Crippen LogP contribution in [0.5, 0.6) is 0 Å². The zero-order valence-electron chi connectivity index (χ0n) is 11.5. The molecule has 20 heavy (non-hydrogen) atoms. The van der Waals surface area contributed by atoms with Gasteiger partial charge in [-0.15, -0.1) is 0 Å². The Morgan fingerprint density at radius 1 is 1.50 bits per heavy atom. The first kappa shape index (κ1) is 16.4. The van der Waals surface area contributed by atoms with Crippen LogP contribution in [0.25, 0.3) is 0 Å². The van der Waals surface area contributed by atoms with Crippen molar-refractivity contribution < 1.29 is 18.3 Å². The first-order chi connectivity index (χ1) is 9.43. The molecule has 1 aromatic rings. The summed E-state index contributed by atoms with van der Waals surface area (Å²) in [4.78, 5) is 3.91. The van der Waals surface area contributed by atoms with E-state index in [1.807, 2.05) is 13.8 Å². The third kappa shape index (κ3) is 6.52. The number of hydrogen-bond donors (Lipinski definition) is 2. The smallest absolute Gasteiger partial charge is 0.236 e. The van der Waals surface area contributed by atoms with Crippen molar-refractivity contribution in [3.63, 3.8) is 0 Å². The van der Waals surface area contributed by atoms with Crippen molar-refractivity contribution in [3.05, 3.63) is 23.9 Å². The third-order valence-corrected chi connectivity index (χ3v) is 3.36. The number of nitrogens with zero attached hydrogens (tertiary/aromatic N) is 1. The molecule has 0 bridgehead atoms. The summed E-state index contributed by atoms with van der Waals surface area (Å²) in [5.41, 5.74) is 0.574. The number of rotatable bonds is 6. The van der Waals surface area contributed by atoms with Gasteiger partial charge in [0.05, 0.1) is 18.5 Å². The molecular weight excluding hydrogens is 280 g/mol. The minimum atomic E-state index is -3.50. The van der Waals surface area contributed by atoms with Crippen LogP contribution in [0.4, 0.5) is 5.82 Å². The van der Waals surface area contributed by atoms with Crippen LogP contribution in [-0.4, -0.2) is 43.6 Å². The highest BCUT2D eigenvalue weighted by Crippen LogP contribution is 2.08. The van der Waals surface area contributed by atoms with E-state index in [2.05, 4.69) is 21.5 Å². The van der Waals surface area contributed by atoms with Crippen molar-refractivity contribution in [1.82, 2.24) is 4.98 Å². The molecule has 110 valence electrons. The fourth-order valence-electron chi connectivity index (χ4n) is 1.31. The first-order valence-electron chi connectivity index (χ1n) is 6.11. The quantitative estimate of drug-likeness (QED) is 0.751. The van der Waals surface area contributed by atoms with Gasteiger partial charge in [0.1, 0.15) is 12.4 Å². The van der Waals surface area contributed by atoms with Gasteiger partial charge in [0.25, 0.3) is 0 Å². The SMILES string of the molecule is CC(C)OCCS(=O)(=O)Nc1cc(C#CCO)ccn1. The maximum Gasteiger partial charge on any atom is 0.236 e. The van der Waals surface area contributed by atoms with Gasteiger partial charge in [0.15, 0.2) is 0 Å². The molecule has 1 aromatic heterocycles. The maximum atomic E-state index is 11.8. The van der Waals surface area contributed by atoms with E-state index in [9.17, 15) is 8.42 Å². The average Bonchev–Trinajstić information content (AvgIpc) is 2.35. The Balaban J connectivity index is 2.67. The molecule has 7 heteroatoms. The van der Waals surface area contributed by atoms with Gasteiger partial charge in [-0.3, -0.25) is 4.72 Å². The predicted molar refractivity (Wildman–Crippen MR) is 76.7 cm³/mol. The molecule has 0 radical (unpaired) electrons. The van der Waals surface area contributed by atoms with E-state index in [0.29, 0.717) is 5.56 Å². The maximum absolute atomic E-state index is 11.8. The molecule has 0 atom stereocenters. The second-order valence-electron chi connectivity index (χ2n) is 4.23. The molecule has 0 aliphatic heterocycles. The van der Waals surface area contributed by atoms with Crippen molar-refractivity contribution in [1.29, 1.82) is 0 Å². The summed E-state index contributed by atoms with van der Waals surface area (Å²) in [7, 11) is -3.50. The molecule has 0 saturated heterocycles. The van der Waals surface area contributed by atoms with Gasteiger partial charge < -0.3 is 9.84 Å². The van der Waals surface area contributed by atoms with Crippen LogP contribution in [0, 0.1) is 11.8 Å². The number of hydrogen-bond acceptors (Lipinski definition) is 5. The Hall–Kier alpha value is -1.62. The Morgan fingerprint density at radius 2 is 2.25 bits per heavy atom. The van der Waals surface area contributed by atoms with Crippen molar-refractivity contribution in [2.75, 3.05) is 23.7 Å². The highest BCUT2D eigenvalue weighted by Gasteiger charge is 2.11. The Bertz CT molecular complexity index is 588. The van der Waals surface area contributed by atoms with E-state index in [-0.39, 0.29) is 30.9 Å². The van der Waals surface area contributed by atoms with E-state index < -0.39 is 10.0 Å². The van der Waals surface area contributed by atoms with Crippen molar-refractivity contribution >= 4 is 15.8 Å². The summed E-state index contributed by atoms with van der Waals surface area (Å²) in [6, 6.07) is 3.13. The number of aromatic nitrogens is 1. The van der Waals surface area contributed by atoms with E-state index in [1.165, 1.54) is 12.3 Å². The number of aliphatic hydroxyl groups excluding tert-OH is 1. The Labute approximate surface area is 119 Å². The highest BCUT2D eigenvalue weighted by molar-refractivity contribution is 7.92. The van der Waals surface area contributed by atoms with Crippen molar-refractivity contribution in [2.24, 2.45) is 0 Å². The van der Waals surface area contributed by atoms with E-state index in [1.54, 1.807) is 6.07 Å². The molecule has 0 saturated carbocycles. The number of aliphatic hydroxyl groups is 1. The number of anilines is 1. The first-order valence-corrected chi connectivity index (χ1v) is 7.76. The summed E-state index contributed by atoms with van der Waals surface area (Å²) < 4.78 is 31.2. The predicted octanol–water partition coefficient (Wildman–Crippen LogP) is 0.592. The minimum absolute atomic E-state index is 0.0135. The zero-order valence-corrected chi connectivity index (χ0v) is 12.3. The summed E-state index contributed by atoms with van der Waals surface area (Å²) >= 11 is 0. The van der Waals surface area contributed by atoms with Gasteiger partial charge in [-0.2, -0.15) is 0 Å². The molecule has 0 unspecified atom stereocenters. The van der Waals surface area contributed by atoms with Crippen LogP contribution in [0.1, 0.15) is 19.4 Å². The lowest BCUT2D eigenvalue weighted by molar-refractivity contribution is 0.0913. The fourth-order valence-corrected chi connectivity index (χ4v) is 2.16. The van der Waals surface area contributed by atoms with Gasteiger partial charge in [0, 0.05) is 11.8 Å². The molecule has 0 spiro atoms. The monoisotopic (exact) mass is 298 g/mol. The summed E-state index contributed by atoms with van der Waals surface area (Å²) in [6.07, 6.45) is 1.43. The van der Waals surface area contributed by atoms with Crippen LogP contribution in [0.2, 0.25) is 0 Å². The molecule has 0 aliphatic carbocycles. The molecule has 6 nitrogen and oxygen atoms in total. The van der Waals surface area contributed by atoms with E-state index >= 15 is 0 Å². The van der Waals surface area contributed by atoms with Crippen LogP contribution in [-0.2, 0) is 14.8 Å². The highest BCUT2D eigenvalue weighted by atomic mass is 32.2. The molecule has 2 N–H and O–H groups in total. The average molecular weight is 298 g/mol. The van der Waals surface area contributed by atoms with Gasteiger partial charge in [-0.05, 0) is 26.0 Å². The number of nitrogens with one attached hydrogen (secondary N) is 1. The van der Waals surface area contributed by atoms with Gasteiger partial charge >= 0.3 is 0 Å². The van der Waals surface area contributed by atoms with Crippen LogP contribution in [0.15, 0.2) is 18.3 Å². The van der Waals surface area contributed by atoms with Gasteiger partial charge in [-0.25, -0.2) is 13.4 Å². The minimum Gasteiger partial charge on any atom is -0.384 e. The lowest BCUT2D eigenvalue weighted by Crippen LogP contribution is -2.22. The largest absolute Gasteiger partial charge is 0.384 e. The van der Waals surface area contributed by atoms with Crippen LogP contribution < -0.4 is 4.72 Å². The van der Waals surface area contributed by atoms with E-state index in [0.717, 1.165) is 0 Å². The van der Waals surface area contributed by atoms with Gasteiger partial charge in [0.2, 0.25) is 10.0 Å². The molecular formula is C13H18N2O4S. The Morgan fingerprint density at radius 3 is 2.90 bits per heavy atom. The summed E-state index contributed by atoms with van der Waals surface area (Å²) in [5.74, 6) is 5.22. The van der Waals surface area contributed by atoms with Crippen LogP contribution in [0.3, 0.4) is 0 Å². The molecule has 1 heterocycles. The molecule has 1 rings (SSSR count). The lowest BCUT2D eigenvalue weighted by atomic mass is 10.2. The zero-order chi connectivity index (χ0) is 15.0. The van der Waals surface area contributed by atoms with Gasteiger partial charge in [-0.1, -0.05) is 11.8 Å². The number of ether oxygens (including phenoxy) is 1. The lowest BCUT2D eigenvalue weighted by Gasteiger charge is -2.09. The van der Waals surface area contributed by atoms with Crippen LogP contribution >= 0.6 is 0 Å². The number of sulfonamides is 1. The van der Waals surface area contributed by atoms with Crippen molar-refractivity contribution in [2.45, 2.75) is 20.0 Å². The summed E-state index contributed by atoms with van der Waals surface area (Å²) in [6.45, 7) is 3.54.